The highest BCUT2D eigenvalue weighted by molar-refractivity contribution is 5.53. The molecular weight excluding hydrogens is 248 g/mol. The number of anilines is 1. The maximum absolute atomic E-state index is 4.36. The number of pyridine rings is 1. The van der Waals surface area contributed by atoms with Gasteiger partial charge in [-0.15, -0.1) is 0 Å². The van der Waals surface area contributed by atoms with Crippen LogP contribution in [-0.2, 0) is 6.54 Å². The van der Waals surface area contributed by atoms with E-state index in [0.29, 0.717) is 6.04 Å². The third-order valence-corrected chi connectivity index (χ3v) is 4.31. The Hall–Kier alpha value is -1.13. The average Bonchev–Trinajstić information content (AvgIpc) is 3.16. The third-order valence-electron chi connectivity index (χ3n) is 4.31. The van der Waals surface area contributed by atoms with Crippen molar-refractivity contribution in [3.8, 4) is 0 Å². The smallest absolute Gasteiger partial charge is 0.0601 e. The van der Waals surface area contributed by atoms with Crippen LogP contribution in [0.25, 0.3) is 0 Å². The van der Waals surface area contributed by atoms with Crippen molar-refractivity contribution in [1.29, 1.82) is 0 Å². The maximum Gasteiger partial charge on any atom is 0.0601 e. The quantitative estimate of drug-likeness (QED) is 0.858. The van der Waals surface area contributed by atoms with Crippen molar-refractivity contribution in [2.45, 2.75) is 44.3 Å². The number of hydrogen-bond donors (Lipinski definition) is 1. The molecule has 1 aliphatic heterocycles. The fraction of sp³-hybridized carbons (Fsp3) is 0.688. The average molecular weight is 274 g/mol. The summed E-state index contributed by atoms with van der Waals surface area (Å²) < 4.78 is 0. The van der Waals surface area contributed by atoms with Crippen LogP contribution in [0.4, 0.5) is 5.69 Å². The predicted molar refractivity (Wildman–Crippen MR) is 83.0 cm³/mol. The molecule has 1 aliphatic carbocycles. The van der Waals surface area contributed by atoms with Gasteiger partial charge in [0.2, 0.25) is 0 Å². The molecule has 0 bridgehead atoms. The van der Waals surface area contributed by atoms with E-state index in [1.807, 2.05) is 6.20 Å². The molecule has 0 radical (unpaired) electrons. The zero-order valence-corrected chi connectivity index (χ0v) is 12.7. The van der Waals surface area contributed by atoms with Crippen molar-refractivity contribution >= 4 is 5.69 Å². The Bertz CT molecular complexity index is 442. The first-order valence-corrected chi connectivity index (χ1v) is 7.81. The summed E-state index contributed by atoms with van der Waals surface area (Å²) in [5, 5.41) is 3.63. The normalized spacial score (nSPS) is 22.8. The number of likely N-dealkylation sites (N-methyl/N-ethyl adjacent to an activating group) is 1. The highest BCUT2D eigenvalue weighted by atomic mass is 15.2. The molecule has 2 aliphatic rings. The molecule has 0 spiro atoms. The van der Waals surface area contributed by atoms with Gasteiger partial charge in [-0.2, -0.15) is 0 Å². The minimum atomic E-state index is 0.633. The second-order valence-electron chi connectivity index (χ2n) is 6.41. The van der Waals surface area contributed by atoms with Crippen molar-refractivity contribution in [3.63, 3.8) is 0 Å². The van der Waals surface area contributed by atoms with Gasteiger partial charge in [0.05, 0.1) is 11.9 Å². The second kappa shape index (κ2) is 6.10. The molecule has 1 unspecified atom stereocenters. The van der Waals surface area contributed by atoms with Gasteiger partial charge in [-0.05, 0) is 51.4 Å². The molecular formula is C16H26N4. The standard InChI is InChI=1S/C16H26N4/c1-19(2)12-15-4-3-9-20(15)16-11-17-8-7-13(16)10-18-14-5-6-14/h7-8,11,14-15,18H,3-6,9-10,12H2,1-2H3. The predicted octanol–water partition coefficient (Wildman–Crippen LogP) is 1.86. The van der Waals surface area contributed by atoms with Gasteiger partial charge in [0.25, 0.3) is 0 Å². The zero-order valence-electron chi connectivity index (χ0n) is 12.7. The molecule has 4 nitrogen and oxygen atoms in total. The molecule has 1 atom stereocenters. The van der Waals surface area contributed by atoms with Crippen LogP contribution in [0, 0.1) is 0 Å². The Morgan fingerprint density at radius 2 is 2.20 bits per heavy atom. The number of nitrogens with one attached hydrogen (secondary N) is 1. The van der Waals surface area contributed by atoms with Crippen LogP contribution in [-0.4, -0.2) is 49.2 Å². The largest absolute Gasteiger partial charge is 0.366 e. The van der Waals surface area contributed by atoms with Crippen LogP contribution in [0.5, 0.6) is 0 Å². The van der Waals surface area contributed by atoms with Crippen molar-refractivity contribution in [2.24, 2.45) is 0 Å². The Labute approximate surface area is 122 Å². The highest BCUT2D eigenvalue weighted by Gasteiger charge is 2.27. The summed E-state index contributed by atoms with van der Waals surface area (Å²) in [6.07, 6.45) is 9.24. The zero-order chi connectivity index (χ0) is 13.9. The molecule has 1 aromatic rings. The van der Waals surface area contributed by atoms with Crippen LogP contribution < -0.4 is 10.2 Å². The van der Waals surface area contributed by atoms with E-state index >= 15 is 0 Å². The van der Waals surface area contributed by atoms with E-state index in [9.17, 15) is 0 Å². The third kappa shape index (κ3) is 3.30. The van der Waals surface area contributed by atoms with E-state index in [4.69, 9.17) is 0 Å². The highest BCUT2D eigenvalue weighted by Crippen LogP contribution is 2.29. The van der Waals surface area contributed by atoms with Gasteiger partial charge in [0.1, 0.15) is 0 Å². The van der Waals surface area contributed by atoms with E-state index in [-0.39, 0.29) is 0 Å². The van der Waals surface area contributed by atoms with Gasteiger partial charge in [-0.3, -0.25) is 4.98 Å². The summed E-state index contributed by atoms with van der Waals surface area (Å²) >= 11 is 0. The minimum absolute atomic E-state index is 0.633. The summed E-state index contributed by atoms with van der Waals surface area (Å²) in [4.78, 5) is 9.22. The lowest BCUT2D eigenvalue weighted by atomic mass is 10.1. The van der Waals surface area contributed by atoms with E-state index in [0.717, 1.165) is 19.1 Å². The van der Waals surface area contributed by atoms with Gasteiger partial charge in [-0.25, -0.2) is 0 Å². The van der Waals surface area contributed by atoms with Crippen LogP contribution in [0.2, 0.25) is 0 Å². The van der Waals surface area contributed by atoms with E-state index < -0.39 is 0 Å². The van der Waals surface area contributed by atoms with Crippen LogP contribution >= 0.6 is 0 Å². The Morgan fingerprint density at radius 3 is 2.95 bits per heavy atom. The lowest BCUT2D eigenvalue weighted by molar-refractivity contribution is 0.372. The Balaban J connectivity index is 1.73. The molecule has 0 aromatic carbocycles. The molecule has 1 saturated carbocycles. The summed E-state index contributed by atoms with van der Waals surface area (Å²) in [5.74, 6) is 0. The molecule has 2 heterocycles. The van der Waals surface area contributed by atoms with Gasteiger partial charge in [-0.1, -0.05) is 0 Å². The first-order chi connectivity index (χ1) is 9.74. The van der Waals surface area contributed by atoms with E-state index in [1.165, 1.54) is 43.5 Å². The van der Waals surface area contributed by atoms with Gasteiger partial charge < -0.3 is 15.1 Å². The van der Waals surface area contributed by atoms with Gasteiger partial charge in [0.15, 0.2) is 0 Å². The molecule has 3 rings (SSSR count). The number of rotatable bonds is 6. The maximum atomic E-state index is 4.36. The number of hydrogen-bond acceptors (Lipinski definition) is 4. The van der Waals surface area contributed by atoms with Crippen LogP contribution in [0.3, 0.4) is 0 Å². The molecule has 1 saturated heterocycles. The minimum Gasteiger partial charge on any atom is -0.366 e. The molecule has 1 aromatic heterocycles. The summed E-state index contributed by atoms with van der Waals surface area (Å²) in [5.41, 5.74) is 2.74. The van der Waals surface area contributed by atoms with Crippen LogP contribution in [0.15, 0.2) is 18.5 Å². The Morgan fingerprint density at radius 1 is 1.35 bits per heavy atom. The topological polar surface area (TPSA) is 31.4 Å². The summed E-state index contributed by atoms with van der Waals surface area (Å²) in [6, 6.07) is 3.57. The lowest BCUT2D eigenvalue weighted by Crippen LogP contribution is -2.38. The molecule has 4 heteroatoms. The van der Waals surface area contributed by atoms with Gasteiger partial charge >= 0.3 is 0 Å². The van der Waals surface area contributed by atoms with Crippen LogP contribution in [0.1, 0.15) is 31.2 Å². The van der Waals surface area contributed by atoms with Crippen molar-refractivity contribution in [3.05, 3.63) is 24.0 Å². The monoisotopic (exact) mass is 274 g/mol. The number of nitrogens with zero attached hydrogens (tertiary/aromatic N) is 3. The van der Waals surface area contributed by atoms with Crippen molar-refractivity contribution < 1.29 is 0 Å². The molecule has 0 amide bonds. The Kier molecular flexibility index (Phi) is 4.22. The van der Waals surface area contributed by atoms with Gasteiger partial charge in [0, 0.05) is 37.9 Å². The first kappa shape index (κ1) is 13.8. The lowest BCUT2D eigenvalue weighted by Gasteiger charge is -2.30. The SMILES string of the molecule is CN(C)CC1CCCN1c1cnccc1CNC1CC1. The summed E-state index contributed by atoms with van der Waals surface area (Å²) in [7, 11) is 4.32. The molecule has 110 valence electrons. The van der Waals surface area contributed by atoms with Crippen molar-refractivity contribution in [1.82, 2.24) is 15.2 Å². The van der Waals surface area contributed by atoms with Crippen molar-refractivity contribution in [2.75, 3.05) is 32.1 Å². The molecule has 2 fully saturated rings. The fourth-order valence-electron chi connectivity index (χ4n) is 3.13. The molecule has 1 N–H and O–H groups in total. The van der Waals surface area contributed by atoms with E-state index in [2.05, 4.69) is 46.5 Å². The number of aromatic nitrogens is 1. The molecule has 20 heavy (non-hydrogen) atoms. The first-order valence-electron chi connectivity index (χ1n) is 7.81. The second-order valence-corrected chi connectivity index (χ2v) is 6.41. The fourth-order valence-corrected chi connectivity index (χ4v) is 3.13. The summed E-state index contributed by atoms with van der Waals surface area (Å²) in [6.45, 7) is 3.28. The van der Waals surface area contributed by atoms with E-state index in [1.54, 1.807) is 0 Å².